The molecule has 0 aromatic rings. The summed E-state index contributed by atoms with van der Waals surface area (Å²) >= 11 is 0. The van der Waals surface area contributed by atoms with Crippen LogP contribution in [0.4, 0.5) is 4.39 Å². The predicted octanol–water partition coefficient (Wildman–Crippen LogP) is -0.295. The summed E-state index contributed by atoms with van der Waals surface area (Å²) in [7, 11) is 0. The zero-order valence-electron chi connectivity index (χ0n) is 4.68. The van der Waals surface area contributed by atoms with Gasteiger partial charge in [-0.2, -0.15) is 5.06 Å². The Morgan fingerprint density at radius 3 is 2.44 bits per heavy atom. The van der Waals surface area contributed by atoms with Gasteiger partial charge in [0.15, 0.2) is 6.30 Å². The van der Waals surface area contributed by atoms with E-state index in [1.54, 1.807) is 0 Å². The highest BCUT2D eigenvalue weighted by molar-refractivity contribution is 5.75. The zero-order valence-corrected chi connectivity index (χ0v) is 4.68. The third-order valence-corrected chi connectivity index (χ3v) is 1.40. The lowest BCUT2D eigenvalue weighted by molar-refractivity contribution is -0.181. The van der Waals surface area contributed by atoms with Crippen molar-refractivity contribution in [3.05, 3.63) is 0 Å². The molecule has 0 bridgehead atoms. The van der Waals surface area contributed by atoms with E-state index in [0.717, 1.165) is 17.9 Å². The van der Waals surface area contributed by atoms with Crippen LogP contribution >= 0.6 is 0 Å². The van der Waals surface area contributed by atoms with Gasteiger partial charge in [0.25, 0.3) is 0 Å². The topological polar surface area (TPSA) is 23.5 Å². The van der Waals surface area contributed by atoms with E-state index in [1.807, 2.05) is 0 Å². The van der Waals surface area contributed by atoms with Gasteiger partial charge in [-0.05, 0) is 30.2 Å². The molecule has 1 aliphatic heterocycles. The summed E-state index contributed by atoms with van der Waals surface area (Å²) in [6.45, 7) is 0.487. The van der Waals surface area contributed by atoms with E-state index < -0.39 is 6.30 Å². The van der Waals surface area contributed by atoms with Gasteiger partial charge in [0.2, 0.25) is 0 Å². The molecule has 0 saturated carbocycles. The normalized spacial score (nSPS) is 29.3. The number of hydroxylamine groups is 2. The lowest BCUT2D eigenvalue weighted by atomic mass is 10.1. The van der Waals surface area contributed by atoms with E-state index in [9.17, 15) is 4.39 Å². The van der Waals surface area contributed by atoms with Crippen LogP contribution in [-0.2, 0) is 0 Å². The molecule has 0 aromatic carbocycles. The first kappa shape index (κ1) is 9.07. The maximum Gasteiger partial charge on any atom is 0.175 e. The SMILES string of the molecule is ON1CCCCC1F.[SiH4]. The van der Waals surface area contributed by atoms with Crippen molar-refractivity contribution in [1.82, 2.24) is 5.06 Å². The Morgan fingerprint density at radius 1 is 1.44 bits per heavy atom. The standard InChI is InChI=1S/C5H10FNO.H4Si/c6-5-3-1-2-4-7(5)8;/h5,8H,1-4H2;1H4. The average molecular weight is 151 g/mol. The van der Waals surface area contributed by atoms with E-state index >= 15 is 0 Å². The highest BCUT2D eigenvalue weighted by Gasteiger charge is 2.18. The number of hydrogen-bond acceptors (Lipinski definition) is 2. The fourth-order valence-electron chi connectivity index (χ4n) is 0.876. The van der Waals surface area contributed by atoms with Crippen LogP contribution in [0.2, 0.25) is 0 Å². The second kappa shape index (κ2) is 3.98. The van der Waals surface area contributed by atoms with Crippen molar-refractivity contribution >= 4 is 11.0 Å². The van der Waals surface area contributed by atoms with Crippen LogP contribution in [0.3, 0.4) is 0 Å². The Morgan fingerprint density at radius 2 is 2.11 bits per heavy atom. The smallest absolute Gasteiger partial charge is 0.175 e. The van der Waals surface area contributed by atoms with Gasteiger partial charge in [-0.15, -0.1) is 0 Å². The Kier molecular flexibility index (Phi) is 4.00. The highest BCUT2D eigenvalue weighted by Crippen LogP contribution is 2.14. The molecule has 4 heteroatoms. The van der Waals surface area contributed by atoms with Crippen molar-refractivity contribution in [3.8, 4) is 0 Å². The molecule has 9 heavy (non-hydrogen) atoms. The van der Waals surface area contributed by atoms with E-state index in [2.05, 4.69) is 0 Å². The third-order valence-electron chi connectivity index (χ3n) is 1.40. The number of alkyl halides is 1. The van der Waals surface area contributed by atoms with Gasteiger partial charge in [0.05, 0.1) is 0 Å². The summed E-state index contributed by atoms with van der Waals surface area (Å²) in [5.74, 6) is 0. The number of nitrogens with zero attached hydrogens (tertiary/aromatic N) is 1. The second-order valence-corrected chi connectivity index (χ2v) is 2.09. The number of hydrogen-bond donors (Lipinski definition) is 1. The van der Waals surface area contributed by atoms with Gasteiger partial charge in [0, 0.05) is 6.54 Å². The summed E-state index contributed by atoms with van der Waals surface area (Å²) in [6, 6.07) is 0. The van der Waals surface area contributed by atoms with Gasteiger partial charge in [-0.25, -0.2) is 4.39 Å². The molecule has 0 amide bonds. The molecular formula is C5H14FNOSi. The first-order valence-corrected chi connectivity index (χ1v) is 2.90. The Balaban J connectivity index is 0.000000640. The predicted molar refractivity (Wildman–Crippen MR) is 38.6 cm³/mol. The monoisotopic (exact) mass is 151 g/mol. The molecule has 0 aliphatic carbocycles. The summed E-state index contributed by atoms with van der Waals surface area (Å²) in [5, 5.41) is 9.40. The van der Waals surface area contributed by atoms with E-state index in [4.69, 9.17) is 5.21 Å². The molecule has 1 fully saturated rings. The maximum absolute atomic E-state index is 12.3. The van der Waals surface area contributed by atoms with E-state index in [1.165, 1.54) is 0 Å². The van der Waals surface area contributed by atoms with Crippen molar-refractivity contribution in [2.24, 2.45) is 0 Å². The van der Waals surface area contributed by atoms with Crippen LogP contribution in [0.5, 0.6) is 0 Å². The Bertz CT molecular complexity index is 73.4. The summed E-state index contributed by atoms with van der Waals surface area (Å²) < 4.78 is 12.3. The Labute approximate surface area is 58.6 Å². The van der Waals surface area contributed by atoms with E-state index in [0.29, 0.717) is 13.0 Å². The molecule has 1 saturated heterocycles. The fraction of sp³-hybridized carbons (Fsp3) is 1.00. The van der Waals surface area contributed by atoms with Gasteiger partial charge in [-0.1, -0.05) is 0 Å². The lowest BCUT2D eigenvalue weighted by Gasteiger charge is -2.23. The molecule has 2 nitrogen and oxygen atoms in total. The minimum Gasteiger partial charge on any atom is -0.311 e. The average Bonchev–Trinajstić information content (AvgIpc) is 1.77. The first-order chi connectivity index (χ1) is 3.80. The summed E-state index contributed by atoms with van der Waals surface area (Å²) in [6.07, 6.45) is 1.19. The van der Waals surface area contributed by atoms with Crippen LogP contribution < -0.4 is 0 Å². The zero-order chi connectivity index (χ0) is 5.98. The summed E-state index contributed by atoms with van der Waals surface area (Å²) in [5.41, 5.74) is 0. The summed E-state index contributed by atoms with van der Waals surface area (Å²) in [4.78, 5) is 0. The minimum atomic E-state index is -1.11. The van der Waals surface area contributed by atoms with Crippen molar-refractivity contribution < 1.29 is 9.60 Å². The van der Waals surface area contributed by atoms with Gasteiger partial charge in [-0.3, -0.25) is 0 Å². The number of halogens is 1. The molecular weight excluding hydrogens is 137 g/mol. The maximum atomic E-state index is 12.3. The number of piperidine rings is 1. The van der Waals surface area contributed by atoms with Crippen LogP contribution in [0.25, 0.3) is 0 Å². The third kappa shape index (κ3) is 2.42. The molecule has 0 aromatic heterocycles. The molecule has 1 unspecified atom stereocenters. The second-order valence-electron chi connectivity index (χ2n) is 2.09. The van der Waals surface area contributed by atoms with Crippen molar-refractivity contribution in [3.63, 3.8) is 0 Å². The van der Waals surface area contributed by atoms with E-state index in [-0.39, 0.29) is 11.0 Å². The molecule has 1 heterocycles. The molecule has 1 aliphatic rings. The molecule has 0 spiro atoms. The van der Waals surface area contributed by atoms with Gasteiger partial charge in [0.1, 0.15) is 0 Å². The lowest BCUT2D eigenvalue weighted by Crippen LogP contribution is -2.33. The van der Waals surface area contributed by atoms with Crippen LogP contribution in [0.1, 0.15) is 19.3 Å². The quantitative estimate of drug-likeness (QED) is 0.380. The first-order valence-electron chi connectivity index (χ1n) is 2.90. The molecule has 1 N–H and O–H groups in total. The number of rotatable bonds is 0. The molecule has 1 rings (SSSR count). The minimum absolute atomic E-state index is 0. The van der Waals surface area contributed by atoms with Crippen LogP contribution in [0.15, 0.2) is 0 Å². The largest absolute Gasteiger partial charge is 0.311 e. The van der Waals surface area contributed by atoms with Crippen molar-refractivity contribution in [2.75, 3.05) is 6.54 Å². The molecule has 1 atom stereocenters. The van der Waals surface area contributed by atoms with Crippen molar-refractivity contribution in [1.29, 1.82) is 0 Å². The van der Waals surface area contributed by atoms with Crippen LogP contribution in [0, 0.1) is 0 Å². The fourth-order valence-corrected chi connectivity index (χ4v) is 0.876. The van der Waals surface area contributed by atoms with Crippen LogP contribution in [-0.4, -0.2) is 34.1 Å². The Hall–Kier alpha value is 0.0669. The van der Waals surface area contributed by atoms with Gasteiger partial charge < -0.3 is 5.21 Å². The van der Waals surface area contributed by atoms with Crippen molar-refractivity contribution in [2.45, 2.75) is 25.6 Å². The molecule has 56 valence electrons. The highest BCUT2D eigenvalue weighted by atomic mass is 28.1. The van der Waals surface area contributed by atoms with Gasteiger partial charge >= 0.3 is 0 Å². The molecule has 0 radical (unpaired) electrons.